The average molecular weight is 409 g/mol. The minimum absolute atomic E-state index is 0.0701. The third-order valence-corrected chi connectivity index (χ3v) is 5.77. The Morgan fingerprint density at radius 1 is 1.11 bits per heavy atom. The van der Waals surface area contributed by atoms with Crippen molar-refractivity contribution >= 4 is 33.2 Å². The summed E-state index contributed by atoms with van der Waals surface area (Å²) < 4.78 is 25.7. The molecule has 0 unspecified atom stereocenters. The first-order valence-corrected chi connectivity index (χ1v) is 10.9. The molecule has 0 aliphatic carbocycles. The van der Waals surface area contributed by atoms with E-state index in [1.165, 1.54) is 4.31 Å². The van der Waals surface area contributed by atoms with Gasteiger partial charge in [-0.05, 0) is 48.7 Å². The standard InChI is InChI=1S/C20H25ClN2O3S/c1-14(2)15(3)22-20(24)17-10-8-16(9-11-17)13-23(27(4,25)26)19-7-5-6-18(21)12-19/h5-12,14-15H,13H2,1-4H3,(H,22,24)/t15-/m1/s1. The quantitative estimate of drug-likeness (QED) is 0.750. The number of carbonyl (C=O) groups excluding carboxylic acids is 1. The summed E-state index contributed by atoms with van der Waals surface area (Å²) in [6.45, 7) is 6.21. The van der Waals surface area contributed by atoms with Crippen LogP contribution in [0.5, 0.6) is 0 Å². The van der Waals surface area contributed by atoms with Gasteiger partial charge in [-0.1, -0.05) is 43.6 Å². The van der Waals surface area contributed by atoms with Crippen LogP contribution in [-0.2, 0) is 16.6 Å². The van der Waals surface area contributed by atoms with Crippen LogP contribution in [0.1, 0.15) is 36.7 Å². The van der Waals surface area contributed by atoms with E-state index in [9.17, 15) is 13.2 Å². The predicted octanol–water partition coefficient (Wildman–Crippen LogP) is 4.08. The van der Waals surface area contributed by atoms with Crippen molar-refractivity contribution in [1.82, 2.24) is 5.32 Å². The van der Waals surface area contributed by atoms with Crippen LogP contribution in [0.4, 0.5) is 5.69 Å². The molecular weight excluding hydrogens is 384 g/mol. The molecule has 0 aliphatic rings. The fourth-order valence-corrected chi connectivity index (χ4v) is 3.48. The highest BCUT2D eigenvalue weighted by molar-refractivity contribution is 7.92. The normalized spacial score (nSPS) is 12.7. The van der Waals surface area contributed by atoms with Crippen molar-refractivity contribution in [2.24, 2.45) is 5.92 Å². The van der Waals surface area contributed by atoms with Crippen LogP contribution in [0.2, 0.25) is 5.02 Å². The van der Waals surface area contributed by atoms with Crippen LogP contribution in [0, 0.1) is 5.92 Å². The summed E-state index contributed by atoms with van der Waals surface area (Å²) in [5, 5.41) is 3.42. The van der Waals surface area contributed by atoms with Crippen molar-refractivity contribution < 1.29 is 13.2 Å². The van der Waals surface area contributed by atoms with E-state index in [-0.39, 0.29) is 18.5 Å². The Morgan fingerprint density at radius 3 is 2.26 bits per heavy atom. The molecule has 7 heteroatoms. The smallest absolute Gasteiger partial charge is 0.251 e. The number of rotatable bonds is 7. The summed E-state index contributed by atoms with van der Waals surface area (Å²) >= 11 is 6.00. The highest BCUT2D eigenvalue weighted by Gasteiger charge is 2.19. The predicted molar refractivity (Wildman–Crippen MR) is 111 cm³/mol. The molecule has 0 fully saturated rings. The third kappa shape index (κ3) is 5.97. The van der Waals surface area contributed by atoms with Crippen molar-refractivity contribution in [1.29, 1.82) is 0 Å². The van der Waals surface area contributed by atoms with Crippen LogP contribution < -0.4 is 9.62 Å². The third-order valence-electron chi connectivity index (χ3n) is 4.40. The van der Waals surface area contributed by atoms with Crippen LogP contribution in [0.25, 0.3) is 0 Å². The second-order valence-corrected chi connectivity index (χ2v) is 9.30. The number of hydrogen-bond donors (Lipinski definition) is 1. The number of nitrogens with zero attached hydrogens (tertiary/aromatic N) is 1. The van der Waals surface area contributed by atoms with Gasteiger partial charge in [0.25, 0.3) is 5.91 Å². The number of sulfonamides is 1. The Kier molecular flexibility index (Phi) is 6.89. The van der Waals surface area contributed by atoms with Gasteiger partial charge in [-0.2, -0.15) is 0 Å². The second-order valence-electron chi connectivity index (χ2n) is 6.95. The van der Waals surface area contributed by atoms with Gasteiger partial charge >= 0.3 is 0 Å². The maximum Gasteiger partial charge on any atom is 0.251 e. The van der Waals surface area contributed by atoms with Crippen LogP contribution in [0.15, 0.2) is 48.5 Å². The van der Waals surface area contributed by atoms with Gasteiger partial charge in [0.15, 0.2) is 0 Å². The SMILES string of the molecule is CC(C)[C@@H](C)NC(=O)c1ccc(CN(c2cccc(Cl)c2)S(C)(=O)=O)cc1. The lowest BCUT2D eigenvalue weighted by molar-refractivity contribution is 0.0930. The van der Waals surface area contributed by atoms with Crippen LogP contribution in [0.3, 0.4) is 0 Å². The van der Waals surface area contributed by atoms with Crippen molar-refractivity contribution in [3.05, 3.63) is 64.7 Å². The summed E-state index contributed by atoms with van der Waals surface area (Å²) in [7, 11) is -3.49. The summed E-state index contributed by atoms with van der Waals surface area (Å²) in [4.78, 5) is 12.3. The van der Waals surface area contributed by atoms with E-state index in [1.54, 1.807) is 48.5 Å². The van der Waals surface area contributed by atoms with Gasteiger partial charge in [-0.25, -0.2) is 8.42 Å². The zero-order valence-electron chi connectivity index (χ0n) is 15.9. The maximum atomic E-state index is 12.3. The van der Waals surface area contributed by atoms with Crippen LogP contribution in [-0.4, -0.2) is 26.6 Å². The lowest BCUT2D eigenvalue weighted by atomic mass is 10.1. The van der Waals surface area contributed by atoms with Gasteiger partial charge < -0.3 is 5.32 Å². The fraction of sp³-hybridized carbons (Fsp3) is 0.350. The maximum absolute atomic E-state index is 12.3. The Morgan fingerprint density at radius 2 is 1.74 bits per heavy atom. The number of halogens is 1. The largest absolute Gasteiger partial charge is 0.349 e. The van der Waals surface area contributed by atoms with E-state index in [0.717, 1.165) is 11.8 Å². The van der Waals surface area contributed by atoms with Crippen molar-refractivity contribution in [2.75, 3.05) is 10.6 Å². The molecule has 1 amide bonds. The number of nitrogens with one attached hydrogen (secondary N) is 1. The molecule has 1 atom stereocenters. The molecule has 0 radical (unpaired) electrons. The number of benzene rings is 2. The molecule has 5 nitrogen and oxygen atoms in total. The second kappa shape index (κ2) is 8.76. The first-order chi connectivity index (χ1) is 12.6. The summed E-state index contributed by atoms with van der Waals surface area (Å²) in [6, 6.07) is 13.7. The molecular formula is C20H25ClN2O3S. The van der Waals surface area contributed by atoms with E-state index in [1.807, 2.05) is 20.8 Å². The minimum atomic E-state index is -3.49. The zero-order valence-corrected chi connectivity index (χ0v) is 17.5. The molecule has 2 rings (SSSR count). The van der Waals surface area contributed by atoms with Gasteiger partial charge in [0.1, 0.15) is 0 Å². The van der Waals surface area contributed by atoms with E-state index in [4.69, 9.17) is 11.6 Å². The van der Waals surface area contributed by atoms with E-state index in [0.29, 0.717) is 22.2 Å². The Hall–Kier alpha value is -2.05. The molecule has 1 N–H and O–H groups in total. The minimum Gasteiger partial charge on any atom is -0.349 e. The molecule has 0 aromatic heterocycles. The molecule has 0 aliphatic heterocycles. The highest BCUT2D eigenvalue weighted by Crippen LogP contribution is 2.24. The van der Waals surface area contributed by atoms with Crippen molar-refractivity contribution in [3.63, 3.8) is 0 Å². The number of carbonyl (C=O) groups is 1. The molecule has 0 heterocycles. The van der Waals surface area contributed by atoms with Crippen LogP contribution >= 0.6 is 11.6 Å². The molecule has 2 aromatic carbocycles. The van der Waals surface area contributed by atoms with Crippen molar-refractivity contribution in [2.45, 2.75) is 33.4 Å². The van der Waals surface area contributed by atoms with Gasteiger partial charge in [-0.15, -0.1) is 0 Å². The molecule has 2 aromatic rings. The number of anilines is 1. The molecule has 0 spiro atoms. The van der Waals surface area contributed by atoms with Gasteiger partial charge in [0.2, 0.25) is 10.0 Å². The van der Waals surface area contributed by atoms with Gasteiger partial charge in [-0.3, -0.25) is 9.10 Å². The molecule has 0 saturated heterocycles. The summed E-state index contributed by atoms with van der Waals surface area (Å²) in [6.07, 6.45) is 1.16. The lowest BCUT2D eigenvalue weighted by Gasteiger charge is -2.23. The Balaban J connectivity index is 2.19. The summed E-state index contributed by atoms with van der Waals surface area (Å²) in [5.74, 6) is 0.201. The average Bonchev–Trinajstić information content (AvgIpc) is 2.59. The topological polar surface area (TPSA) is 66.5 Å². The van der Waals surface area contributed by atoms with Gasteiger partial charge in [0.05, 0.1) is 18.5 Å². The monoisotopic (exact) mass is 408 g/mol. The first kappa shape index (κ1) is 21.3. The Labute approximate surface area is 166 Å². The molecule has 0 bridgehead atoms. The van der Waals surface area contributed by atoms with Crippen molar-refractivity contribution in [3.8, 4) is 0 Å². The Bertz CT molecular complexity index is 896. The first-order valence-electron chi connectivity index (χ1n) is 8.71. The number of hydrogen-bond acceptors (Lipinski definition) is 3. The fourth-order valence-electron chi connectivity index (χ4n) is 2.42. The summed E-state index contributed by atoms with van der Waals surface area (Å²) in [5.41, 5.74) is 1.81. The highest BCUT2D eigenvalue weighted by atomic mass is 35.5. The van der Waals surface area contributed by atoms with E-state index >= 15 is 0 Å². The molecule has 0 saturated carbocycles. The zero-order chi connectivity index (χ0) is 20.2. The molecule has 27 heavy (non-hydrogen) atoms. The lowest BCUT2D eigenvalue weighted by Crippen LogP contribution is -2.36. The van der Waals surface area contributed by atoms with Gasteiger partial charge in [0, 0.05) is 16.6 Å². The van der Waals surface area contributed by atoms with E-state index in [2.05, 4.69) is 5.32 Å². The molecule has 146 valence electrons. The van der Waals surface area contributed by atoms with E-state index < -0.39 is 10.0 Å². The number of amides is 1.